The lowest BCUT2D eigenvalue weighted by atomic mass is 9.62. The van der Waals surface area contributed by atoms with Crippen molar-refractivity contribution in [2.24, 2.45) is 23.5 Å². The number of primary amides is 1. The van der Waals surface area contributed by atoms with E-state index in [0.29, 0.717) is 37.9 Å². The molecule has 0 heterocycles. The van der Waals surface area contributed by atoms with Crippen LogP contribution in [0.1, 0.15) is 41.3 Å². The summed E-state index contributed by atoms with van der Waals surface area (Å²) in [5.41, 5.74) is 8.90. The van der Waals surface area contributed by atoms with Crippen LogP contribution in [0.2, 0.25) is 0 Å². The van der Waals surface area contributed by atoms with Gasteiger partial charge in [-0.05, 0) is 66.3 Å². The normalized spacial score (nSPS) is 22.6. The Hall–Kier alpha value is -4.04. The molecule has 5 N–H and O–H groups in total. The van der Waals surface area contributed by atoms with E-state index < -0.39 is 23.4 Å². The summed E-state index contributed by atoms with van der Waals surface area (Å²) in [6.07, 6.45) is 2.87. The van der Waals surface area contributed by atoms with Crippen LogP contribution < -0.4 is 11.1 Å². The fourth-order valence-corrected chi connectivity index (χ4v) is 5.97. The van der Waals surface area contributed by atoms with Gasteiger partial charge < -0.3 is 21.3 Å². The number of Topliss-reactive ketones (excluding diaryl/α,β-unsaturated/α-hetero) is 3. The van der Waals surface area contributed by atoms with E-state index in [4.69, 9.17) is 5.73 Å². The summed E-state index contributed by atoms with van der Waals surface area (Å²) in [6.45, 7) is 2.38. The Balaban J connectivity index is 1.50. The molecule has 3 atom stereocenters. The average Bonchev–Trinajstić information content (AvgIpc) is 2.84. The van der Waals surface area contributed by atoms with Crippen molar-refractivity contribution in [2.75, 3.05) is 6.54 Å². The lowest BCUT2D eigenvalue weighted by Gasteiger charge is -2.40. The Morgan fingerprint density at radius 1 is 1.08 bits per heavy atom. The minimum atomic E-state index is -0.973. The molecule has 0 spiro atoms. The number of fused-ring (bicyclic) bond motifs is 3. The molecule has 8 heteroatoms. The summed E-state index contributed by atoms with van der Waals surface area (Å²) in [6, 6.07) is 11.0. The van der Waals surface area contributed by atoms with Crippen molar-refractivity contribution in [2.45, 2.75) is 32.7 Å². The maximum Gasteiger partial charge on any atom is 0.252 e. The largest absolute Gasteiger partial charge is 0.511 e. The van der Waals surface area contributed by atoms with Crippen LogP contribution in [0, 0.1) is 17.8 Å². The third-order valence-corrected chi connectivity index (χ3v) is 7.66. The number of nitrogens with two attached hydrogens (primary N) is 1. The van der Waals surface area contributed by atoms with Gasteiger partial charge in [-0.25, -0.2) is 0 Å². The van der Waals surface area contributed by atoms with Crippen molar-refractivity contribution in [3.63, 3.8) is 0 Å². The molecule has 0 saturated heterocycles. The molecule has 190 valence electrons. The Bertz CT molecular complexity index is 1400. The molecule has 0 aliphatic heterocycles. The van der Waals surface area contributed by atoms with Crippen LogP contribution in [-0.4, -0.2) is 40.0 Å². The summed E-state index contributed by atoms with van der Waals surface area (Å²) in [5.74, 6) is -3.83. The Kier molecular flexibility index (Phi) is 6.29. The van der Waals surface area contributed by atoms with Gasteiger partial charge in [-0.3, -0.25) is 19.2 Å². The van der Waals surface area contributed by atoms with E-state index in [9.17, 15) is 29.4 Å². The maximum atomic E-state index is 13.7. The van der Waals surface area contributed by atoms with Crippen LogP contribution in [0.25, 0.3) is 11.1 Å². The molecule has 3 unspecified atom stereocenters. The molecule has 2 aromatic carbocycles. The summed E-state index contributed by atoms with van der Waals surface area (Å²) in [7, 11) is 0. The van der Waals surface area contributed by atoms with Gasteiger partial charge in [-0.2, -0.15) is 0 Å². The van der Waals surface area contributed by atoms with Crippen molar-refractivity contribution in [3.8, 4) is 16.9 Å². The number of phenols is 1. The number of rotatable bonds is 6. The van der Waals surface area contributed by atoms with E-state index >= 15 is 0 Å². The van der Waals surface area contributed by atoms with Crippen molar-refractivity contribution >= 4 is 23.3 Å². The number of nitrogens with one attached hydrogen (secondary N) is 1. The molecule has 1 amide bonds. The van der Waals surface area contributed by atoms with Gasteiger partial charge in [0.15, 0.2) is 11.6 Å². The van der Waals surface area contributed by atoms with Gasteiger partial charge in [-0.15, -0.1) is 0 Å². The first kappa shape index (κ1) is 24.6. The lowest BCUT2D eigenvalue weighted by Crippen LogP contribution is -2.42. The maximum absolute atomic E-state index is 13.7. The van der Waals surface area contributed by atoms with Crippen molar-refractivity contribution in [1.29, 1.82) is 0 Å². The second kappa shape index (κ2) is 9.44. The molecule has 2 aromatic rings. The second-order valence-electron chi connectivity index (χ2n) is 10.1. The van der Waals surface area contributed by atoms with Crippen LogP contribution >= 0.6 is 0 Å². The molecule has 0 radical (unpaired) electrons. The van der Waals surface area contributed by atoms with E-state index in [1.54, 1.807) is 6.07 Å². The quantitative estimate of drug-likeness (QED) is 0.446. The number of aliphatic hydroxyl groups is 1. The number of phenolic OH excluding ortho intramolecular Hbond substituents is 1. The number of hydrogen-bond donors (Lipinski definition) is 4. The number of hydrogen-bond acceptors (Lipinski definition) is 7. The molecule has 5 rings (SSSR count). The standard InChI is InChI=1S/C29H28N2O6/c1-14(32)12-31-13-15-2-4-16(5-3-15)19-8-9-22(33)25-21(19)11-18-10-17-6-7-20(29(30)37)26(34)23(17)27(35)24(18)28(25)36/h2-5,7-9,17-18,23,31,33,35H,6,10-13H2,1H3,(H2,30,37). The summed E-state index contributed by atoms with van der Waals surface area (Å²) >= 11 is 0. The Morgan fingerprint density at radius 2 is 1.81 bits per heavy atom. The van der Waals surface area contributed by atoms with Crippen molar-refractivity contribution in [1.82, 2.24) is 5.32 Å². The topological polar surface area (TPSA) is 147 Å². The zero-order chi connectivity index (χ0) is 26.4. The first-order chi connectivity index (χ1) is 17.7. The van der Waals surface area contributed by atoms with Gasteiger partial charge in [0.2, 0.25) is 0 Å². The predicted molar refractivity (Wildman–Crippen MR) is 136 cm³/mol. The zero-order valence-electron chi connectivity index (χ0n) is 20.4. The van der Waals surface area contributed by atoms with Crippen molar-refractivity contribution in [3.05, 3.63) is 76.1 Å². The first-order valence-electron chi connectivity index (χ1n) is 12.3. The Labute approximate surface area is 213 Å². The molecule has 3 aliphatic rings. The fourth-order valence-electron chi connectivity index (χ4n) is 5.97. The number of allylic oxidation sites excluding steroid dienone is 3. The number of benzene rings is 2. The number of aliphatic hydroxyl groups excluding tert-OH is 1. The molecule has 3 aliphatic carbocycles. The zero-order valence-corrected chi connectivity index (χ0v) is 20.4. The van der Waals surface area contributed by atoms with Gasteiger partial charge in [0.05, 0.1) is 23.6 Å². The van der Waals surface area contributed by atoms with E-state index in [1.165, 1.54) is 19.1 Å². The van der Waals surface area contributed by atoms with Crippen molar-refractivity contribution < 1.29 is 29.4 Å². The molecule has 0 fully saturated rings. The number of aromatic hydroxyl groups is 1. The summed E-state index contributed by atoms with van der Waals surface area (Å²) in [4.78, 5) is 49.4. The highest BCUT2D eigenvalue weighted by Crippen LogP contribution is 2.49. The second-order valence-corrected chi connectivity index (χ2v) is 10.1. The highest BCUT2D eigenvalue weighted by Gasteiger charge is 2.48. The van der Waals surface area contributed by atoms with Crippen LogP contribution in [-0.2, 0) is 27.3 Å². The summed E-state index contributed by atoms with van der Waals surface area (Å²) in [5, 5.41) is 24.9. The smallest absolute Gasteiger partial charge is 0.252 e. The van der Waals surface area contributed by atoms with Gasteiger partial charge in [0, 0.05) is 12.1 Å². The molecule has 0 saturated carbocycles. The van der Waals surface area contributed by atoms with Gasteiger partial charge >= 0.3 is 0 Å². The molecular formula is C29H28N2O6. The van der Waals surface area contributed by atoms with Gasteiger partial charge in [0.25, 0.3) is 5.91 Å². The van der Waals surface area contributed by atoms with E-state index in [-0.39, 0.29) is 45.8 Å². The number of amides is 1. The molecule has 0 bridgehead atoms. The molecule has 8 nitrogen and oxygen atoms in total. The minimum Gasteiger partial charge on any atom is -0.511 e. The van der Waals surface area contributed by atoms with Gasteiger partial charge in [-0.1, -0.05) is 36.4 Å². The van der Waals surface area contributed by atoms with Crippen LogP contribution in [0.15, 0.2) is 59.4 Å². The lowest BCUT2D eigenvalue weighted by molar-refractivity contribution is -0.125. The first-order valence-corrected chi connectivity index (χ1v) is 12.3. The monoisotopic (exact) mass is 500 g/mol. The highest BCUT2D eigenvalue weighted by atomic mass is 16.3. The van der Waals surface area contributed by atoms with E-state index in [0.717, 1.165) is 16.7 Å². The van der Waals surface area contributed by atoms with Crippen LogP contribution in [0.4, 0.5) is 0 Å². The number of ketones is 3. The van der Waals surface area contributed by atoms with Gasteiger partial charge in [0.1, 0.15) is 17.3 Å². The molecular weight excluding hydrogens is 472 g/mol. The highest BCUT2D eigenvalue weighted by molar-refractivity contribution is 6.21. The van der Waals surface area contributed by atoms with E-state index in [1.807, 2.05) is 24.3 Å². The minimum absolute atomic E-state index is 0.0624. The summed E-state index contributed by atoms with van der Waals surface area (Å²) < 4.78 is 0. The molecule has 37 heavy (non-hydrogen) atoms. The predicted octanol–water partition coefficient (Wildman–Crippen LogP) is 2.93. The third kappa shape index (κ3) is 4.27. The SMILES string of the molecule is CC(=O)CNCc1ccc(-c2ccc(O)c3c2CC2CC4CC=C(C(N)=O)C(=O)C4C(O)=C2C3=O)cc1. The fraction of sp³-hybridized carbons (Fsp3) is 0.310. The van der Waals surface area contributed by atoms with E-state index in [2.05, 4.69) is 5.32 Å². The van der Waals surface area contributed by atoms with Crippen LogP contribution in [0.5, 0.6) is 5.75 Å². The number of carbonyl (C=O) groups is 4. The third-order valence-electron chi connectivity index (χ3n) is 7.66. The molecule has 0 aromatic heterocycles. The number of carbonyl (C=O) groups excluding carboxylic acids is 4. The average molecular weight is 501 g/mol. The Morgan fingerprint density at radius 3 is 2.49 bits per heavy atom. The van der Waals surface area contributed by atoms with Crippen LogP contribution in [0.3, 0.4) is 0 Å².